The molecule has 1 fully saturated rings. The molecular weight excluding hydrogens is 238 g/mol. The molecule has 0 bridgehead atoms. The van der Waals surface area contributed by atoms with Gasteiger partial charge in [-0.1, -0.05) is 20.8 Å². The van der Waals surface area contributed by atoms with Crippen molar-refractivity contribution in [2.45, 2.75) is 51.4 Å². The van der Waals surface area contributed by atoms with Gasteiger partial charge >= 0.3 is 5.97 Å². The van der Waals surface area contributed by atoms with E-state index in [9.17, 15) is 9.59 Å². The molecule has 5 heteroatoms. The van der Waals surface area contributed by atoms with Crippen LogP contribution in [0.5, 0.6) is 0 Å². The highest BCUT2D eigenvalue weighted by molar-refractivity contribution is 8.00. The third-order valence-electron chi connectivity index (χ3n) is 2.75. The van der Waals surface area contributed by atoms with E-state index in [1.807, 2.05) is 20.8 Å². The predicted octanol–water partition coefficient (Wildman–Crippen LogP) is 2.03. The maximum Gasteiger partial charge on any atom is 0.329 e. The number of carbonyl (C=O) groups excluding carboxylic acids is 2. The van der Waals surface area contributed by atoms with E-state index in [-0.39, 0.29) is 23.3 Å². The summed E-state index contributed by atoms with van der Waals surface area (Å²) < 4.78 is 5.15. The Morgan fingerprint density at radius 2 is 2.06 bits per heavy atom. The van der Waals surface area contributed by atoms with E-state index in [4.69, 9.17) is 4.74 Å². The molecule has 0 N–H and O–H groups in total. The standard InChI is InChI=1S/C12H21NO3S/c1-4-7-16-12(15)9-8-17-11(6-3)13(9)10(14)5-2/h9,11H,4-8H2,1-3H3. The molecule has 1 amide bonds. The zero-order chi connectivity index (χ0) is 12.8. The molecule has 2 atom stereocenters. The van der Waals surface area contributed by atoms with Gasteiger partial charge in [0.15, 0.2) is 0 Å². The predicted molar refractivity (Wildman–Crippen MR) is 68.7 cm³/mol. The monoisotopic (exact) mass is 259 g/mol. The van der Waals surface area contributed by atoms with Crippen molar-refractivity contribution in [2.75, 3.05) is 12.4 Å². The maximum atomic E-state index is 11.9. The van der Waals surface area contributed by atoms with Crippen LogP contribution >= 0.6 is 11.8 Å². The van der Waals surface area contributed by atoms with Crippen LogP contribution in [0.25, 0.3) is 0 Å². The fraction of sp³-hybridized carbons (Fsp3) is 0.833. The smallest absolute Gasteiger partial charge is 0.329 e. The normalized spacial score (nSPS) is 23.8. The summed E-state index contributed by atoms with van der Waals surface area (Å²) in [6.07, 6.45) is 2.12. The highest BCUT2D eigenvalue weighted by Gasteiger charge is 2.40. The van der Waals surface area contributed by atoms with E-state index in [2.05, 4.69) is 0 Å². The first-order chi connectivity index (χ1) is 8.15. The number of hydrogen-bond acceptors (Lipinski definition) is 4. The van der Waals surface area contributed by atoms with Gasteiger partial charge in [-0.2, -0.15) is 0 Å². The summed E-state index contributed by atoms with van der Waals surface area (Å²) in [5, 5.41) is 0.127. The summed E-state index contributed by atoms with van der Waals surface area (Å²) in [6, 6.07) is -0.385. The number of nitrogens with zero attached hydrogens (tertiary/aromatic N) is 1. The average molecular weight is 259 g/mol. The second kappa shape index (κ2) is 6.89. The van der Waals surface area contributed by atoms with Crippen LogP contribution in [0.1, 0.15) is 40.0 Å². The second-order valence-electron chi connectivity index (χ2n) is 4.03. The summed E-state index contributed by atoms with van der Waals surface area (Å²) in [4.78, 5) is 25.5. The summed E-state index contributed by atoms with van der Waals surface area (Å²) in [6.45, 7) is 6.26. The lowest BCUT2D eigenvalue weighted by molar-refractivity contribution is -0.154. The maximum absolute atomic E-state index is 11.9. The third-order valence-corrected chi connectivity index (χ3v) is 4.21. The SMILES string of the molecule is CCCOC(=O)C1CSC(CC)N1C(=O)CC. The number of thioether (sulfide) groups is 1. The van der Waals surface area contributed by atoms with Gasteiger partial charge in [0.25, 0.3) is 0 Å². The molecular formula is C12H21NO3S. The molecule has 98 valence electrons. The lowest BCUT2D eigenvalue weighted by Gasteiger charge is -2.27. The molecule has 1 heterocycles. The van der Waals surface area contributed by atoms with Crippen molar-refractivity contribution in [1.29, 1.82) is 0 Å². The summed E-state index contributed by atoms with van der Waals surface area (Å²) in [7, 11) is 0. The van der Waals surface area contributed by atoms with E-state index >= 15 is 0 Å². The van der Waals surface area contributed by atoms with Crippen molar-refractivity contribution in [3.63, 3.8) is 0 Å². The van der Waals surface area contributed by atoms with Crippen LogP contribution in [0.4, 0.5) is 0 Å². The fourth-order valence-electron chi connectivity index (χ4n) is 1.88. The van der Waals surface area contributed by atoms with E-state index in [1.165, 1.54) is 0 Å². The van der Waals surface area contributed by atoms with Gasteiger partial charge in [0.05, 0.1) is 12.0 Å². The number of esters is 1. The molecule has 17 heavy (non-hydrogen) atoms. The Hall–Kier alpha value is -0.710. The van der Waals surface area contributed by atoms with Crippen molar-refractivity contribution in [1.82, 2.24) is 4.90 Å². The van der Waals surface area contributed by atoms with Crippen molar-refractivity contribution < 1.29 is 14.3 Å². The quantitative estimate of drug-likeness (QED) is 0.709. The van der Waals surface area contributed by atoms with Crippen molar-refractivity contribution in [2.24, 2.45) is 0 Å². The molecule has 0 radical (unpaired) electrons. The van der Waals surface area contributed by atoms with Gasteiger partial charge in [-0.25, -0.2) is 4.79 Å². The van der Waals surface area contributed by atoms with Crippen LogP contribution in [-0.2, 0) is 14.3 Å². The molecule has 1 rings (SSSR count). The average Bonchev–Trinajstić information content (AvgIpc) is 2.78. The van der Waals surface area contributed by atoms with Gasteiger partial charge in [-0.05, 0) is 12.8 Å². The zero-order valence-electron chi connectivity index (χ0n) is 10.8. The van der Waals surface area contributed by atoms with Crippen molar-refractivity contribution in [3.05, 3.63) is 0 Å². The van der Waals surface area contributed by atoms with Gasteiger partial charge in [-0.15, -0.1) is 11.8 Å². The Labute approximate surface area is 107 Å². The van der Waals surface area contributed by atoms with Crippen LogP contribution in [0.3, 0.4) is 0 Å². The minimum absolute atomic E-state index is 0.0419. The Morgan fingerprint density at radius 3 is 2.59 bits per heavy atom. The van der Waals surface area contributed by atoms with E-state index in [0.29, 0.717) is 18.8 Å². The van der Waals surface area contributed by atoms with Crippen LogP contribution in [0.2, 0.25) is 0 Å². The van der Waals surface area contributed by atoms with E-state index < -0.39 is 0 Å². The van der Waals surface area contributed by atoms with E-state index in [0.717, 1.165) is 12.8 Å². The Bertz CT molecular complexity index is 283. The first-order valence-corrected chi connectivity index (χ1v) is 7.29. The van der Waals surface area contributed by atoms with Crippen LogP contribution in [-0.4, -0.2) is 40.6 Å². The number of carbonyl (C=O) groups is 2. The van der Waals surface area contributed by atoms with Gasteiger partial charge in [-0.3, -0.25) is 4.79 Å². The molecule has 0 spiro atoms. The van der Waals surface area contributed by atoms with Crippen LogP contribution in [0, 0.1) is 0 Å². The van der Waals surface area contributed by atoms with Crippen LogP contribution < -0.4 is 0 Å². The number of hydrogen-bond donors (Lipinski definition) is 0. The summed E-state index contributed by atoms with van der Waals surface area (Å²) in [5.41, 5.74) is 0. The van der Waals surface area contributed by atoms with E-state index in [1.54, 1.807) is 16.7 Å². The number of rotatable bonds is 5. The van der Waals surface area contributed by atoms with Gasteiger partial charge in [0.2, 0.25) is 5.91 Å². The number of amides is 1. The molecule has 1 aliphatic rings. The molecule has 0 aromatic rings. The van der Waals surface area contributed by atoms with Gasteiger partial charge in [0, 0.05) is 12.2 Å². The molecule has 0 aromatic carbocycles. The fourth-order valence-corrected chi connectivity index (χ4v) is 3.24. The number of ether oxygens (including phenoxy) is 1. The molecule has 0 aliphatic carbocycles. The lowest BCUT2D eigenvalue weighted by Crippen LogP contribution is -2.46. The molecule has 0 aromatic heterocycles. The van der Waals surface area contributed by atoms with Gasteiger partial charge < -0.3 is 9.64 Å². The molecule has 4 nitrogen and oxygen atoms in total. The Balaban J connectivity index is 2.70. The van der Waals surface area contributed by atoms with Crippen molar-refractivity contribution >= 4 is 23.6 Å². The minimum Gasteiger partial charge on any atom is -0.464 e. The second-order valence-corrected chi connectivity index (χ2v) is 5.24. The topological polar surface area (TPSA) is 46.6 Å². The molecule has 2 unspecified atom stereocenters. The first-order valence-electron chi connectivity index (χ1n) is 6.25. The molecule has 0 saturated carbocycles. The lowest BCUT2D eigenvalue weighted by atomic mass is 10.2. The first kappa shape index (κ1) is 14.4. The highest BCUT2D eigenvalue weighted by Crippen LogP contribution is 2.32. The van der Waals surface area contributed by atoms with Crippen molar-refractivity contribution in [3.8, 4) is 0 Å². The zero-order valence-corrected chi connectivity index (χ0v) is 11.6. The Morgan fingerprint density at radius 1 is 1.35 bits per heavy atom. The van der Waals surface area contributed by atoms with Gasteiger partial charge in [0.1, 0.15) is 6.04 Å². The van der Waals surface area contributed by atoms with Crippen LogP contribution in [0.15, 0.2) is 0 Å². The summed E-state index contributed by atoms with van der Waals surface area (Å²) >= 11 is 1.67. The highest BCUT2D eigenvalue weighted by atomic mass is 32.2. The minimum atomic E-state index is -0.385. The summed E-state index contributed by atoms with van der Waals surface area (Å²) in [5.74, 6) is 0.449. The largest absolute Gasteiger partial charge is 0.464 e. The molecule has 1 aliphatic heterocycles. The Kier molecular flexibility index (Phi) is 5.82. The molecule has 1 saturated heterocycles. The third kappa shape index (κ3) is 3.37.